The lowest BCUT2D eigenvalue weighted by atomic mass is 10.1. The number of aliphatic hydroxyl groups is 1. The summed E-state index contributed by atoms with van der Waals surface area (Å²) in [5.74, 6) is 0.506. The molecule has 0 spiro atoms. The molecule has 0 aliphatic carbocycles. The minimum Gasteiger partial charge on any atom is -0.494 e. The monoisotopic (exact) mass is 292 g/mol. The van der Waals surface area contributed by atoms with E-state index in [4.69, 9.17) is 15.6 Å². The molecule has 3 N–H and O–H groups in total. The summed E-state index contributed by atoms with van der Waals surface area (Å²) >= 11 is 0. The Morgan fingerprint density at radius 2 is 2.05 bits per heavy atom. The van der Waals surface area contributed by atoms with Crippen LogP contribution >= 0.6 is 0 Å². The zero-order chi connectivity index (χ0) is 15.2. The molecule has 114 valence electrons. The van der Waals surface area contributed by atoms with Crippen molar-refractivity contribution in [2.75, 3.05) is 32.0 Å². The van der Waals surface area contributed by atoms with E-state index in [0.29, 0.717) is 23.6 Å². The van der Waals surface area contributed by atoms with Gasteiger partial charge in [-0.1, -0.05) is 0 Å². The van der Waals surface area contributed by atoms with Gasteiger partial charge in [0.25, 0.3) is 0 Å². The van der Waals surface area contributed by atoms with Crippen molar-refractivity contribution in [1.29, 1.82) is 0 Å². The first-order chi connectivity index (χ1) is 9.35. The number of rotatable bonds is 7. The Morgan fingerprint density at radius 1 is 1.35 bits per heavy atom. The van der Waals surface area contributed by atoms with Gasteiger partial charge in [0.1, 0.15) is 5.75 Å². The van der Waals surface area contributed by atoms with Crippen LogP contribution < -0.4 is 10.5 Å². The molecule has 0 aliphatic rings. The lowest BCUT2D eigenvalue weighted by Gasteiger charge is -2.24. The van der Waals surface area contributed by atoms with Crippen LogP contribution in [0.2, 0.25) is 0 Å². The fraction of sp³-hybridized carbons (Fsp3) is 0.538. The summed E-state index contributed by atoms with van der Waals surface area (Å²) in [6.45, 7) is 0.716. The molecule has 1 rings (SSSR count). The van der Waals surface area contributed by atoms with Crippen molar-refractivity contribution < 1.29 is 23.0 Å². The second kappa shape index (κ2) is 7.35. The maximum absolute atomic E-state index is 12.5. The van der Waals surface area contributed by atoms with Gasteiger partial charge in [-0.3, -0.25) is 4.90 Å². The number of halogens is 3. The third-order valence-corrected chi connectivity index (χ3v) is 2.60. The normalized spacial score (nSPS) is 11.9. The second-order valence-electron chi connectivity index (χ2n) is 4.35. The molecule has 0 aliphatic heterocycles. The molecule has 4 nitrogen and oxygen atoms in total. The standard InChI is InChI=1S/C13H19F3N2O2/c1-2-20-12-4-3-11(17)7-10(12)8-18(5-6-19)9-13(14,15)16/h3-4,7,19H,2,5-6,8-9,17H2,1H3. The molecule has 1 aromatic carbocycles. The molecule has 0 amide bonds. The van der Waals surface area contributed by atoms with Crippen molar-refractivity contribution >= 4 is 5.69 Å². The van der Waals surface area contributed by atoms with Crippen LogP contribution in [0.25, 0.3) is 0 Å². The van der Waals surface area contributed by atoms with Gasteiger partial charge in [-0.25, -0.2) is 0 Å². The van der Waals surface area contributed by atoms with Gasteiger partial charge < -0.3 is 15.6 Å². The minimum absolute atomic E-state index is 0.0143. The van der Waals surface area contributed by atoms with E-state index in [1.54, 1.807) is 25.1 Å². The van der Waals surface area contributed by atoms with Crippen LogP contribution in [0.15, 0.2) is 18.2 Å². The number of alkyl halides is 3. The number of nitrogens with two attached hydrogens (primary N) is 1. The highest BCUT2D eigenvalue weighted by molar-refractivity contribution is 5.47. The smallest absolute Gasteiger partial charge is 0.401 e. The molecule has 0 radical (unpaired) electrons. The maximum atomic E-state index is 12.5. The molecule has 0 unspecified atom stereocenters. The van der Waals surface area contributed by atoms with Crippen molar-refractivity contribution in [3.63, 3.8) is 0 Å². The lowest BCUT2D eigenvalue weighted by molar-refractivity contribution is -0.148. The summed E-state index contributed by atoms with van der Waals surface area (Å²) in [6.07, 6.45) is -4.32. The van der Waals surface area contributed by atoms with Crippen LogP contribution in [0.4, 0.5) is 18.9 Å². The molecule has 7 heteroatoms. The third kappa shape index (κ3) is 5.66. The summed E-state index contributed by atoms with van der Waals surface area (Å²) < 4.78 is 42.8. The Balaban J connectivity index is 2.88. The summed E-state index contributed by atoms with van der Waals surface area (Å²) in [7, 11) is 0. The van der Waals surface area contributed by atoms with E-state index in [9.17, 15) is 13.2 Å². The predicted molar refractivity (Wildman–Crippen MR) is 70.4 cm³/mol. The van der Waals surface area contributed by atoms with Gasteiger partial charge in [-0.05, 0) is 25.1 Å². The van der Waals surface area contributed by atoms with Gasteiger partial charge in [0.05, 0.1) is 19.8 Å². The van der Waals surface area contributed by atoms with E-state index in [1.165, 1.54) is 0 Å². The molecule has 1 aromatic rings. The van der Waals surface area contributed by atoms with Crippen molar-refractivity contribution in [2.24, 2.45) is 0 Å². The Kier molecular flexibility index (Phi) is 6.09. The molecular weight excluding hydrogens is 273 g/mol. The first kappa shape index (κ1) is 16.6. The topological polar surface area (TPSA) is 58.7 Å². The van der Waals surface area contributed by atoms with Crippen LogP contribution in [0, 0.1) is 0 Å². The van der Waals surface area contributed by atoms with Crippen LogP contribution in [-0.4, -0.2) is 42.5 Å². The Bertz CT molecular complexity index is 425. The largest absolute Gasteiger partial charge is 0.494 e. The van der Waals surface area contributed by atoms with E-state index >= 15 is 0 Å². The number of hydrogen-bond acceptors (Lipinski definition) is 4. The molecular formula is C13H19F3N2O2. The SMILES string of the molecule is CCOc1ccc(N)cc1CN(CCO)CC(F)(F)F. The summed E-state index contributed by atoms with van der Waals surface area (Å²) in [5, 5.41) is 8.87. The van der Waals surface area contributed by atoms with Crippen molar-refractivity contribution in [1.82, 2.24) is 4.90 Å². The summed E-state index contributed by atoms with van der Waals surface area (Å²) in [4.78, 5) is 1.11. The average Bonchev–Trinajstić information content (AvgIpc) is 2.31. The Labute approximate surface area is 115 Å². The van der Waals surface area contributed by atoms with E-state index in [0.717, 1.165) is 4.90 Å². The Morgan fingerprint density at radius 3 is 2.60 bits per heavy atom. The summed E-state index contributed by atoms with van der Waals surface area (Å²) in [5.41, 5.74) is 6.69. The van der Waals surface area contributed by atoms with Gasteiger partial charge in [-0.2, -0.15) is 13.2 Å². The zero-order valence-corrected chi connectivity index (χ0v) is 11.3. The van der Waals surface area contributed by atoms with E-state index in [-0.39, 0.29) is 19.7 Å². The molecule has 0 bridgehead atoms. The van der Waals surface area contributed by atoms with Gasteiger partial charge in [-0.15, -0.1) is 0 Å². The Hall–Kier alpha value is -1.47. The fourth-order valence-electron chi connectivity index (χ4n) is 1.87. The van der Waals surface area contributed by atoms with E-state index in [1.807, 2.05) is 0 Å². The maximum Gasteiger partial charge on any atom is 0.401 e. The quantitative estimate of drug-likeness (QED) is 0.755. The van der Waals surface area contributed by atoms with Gasteiger partial charge >= 0.3 is 6.18 Å². The molecule has 20 heavy (non-hydrogen) atoms. The first-order valence-electron chi connectivity index (χ1n) is 6.27. The number of nitrogens with zero attached hydrogens (tertiary/aromatic N) is 1. The molecule has 0 aromatic heterocycles. The van der Waals surface area contributed by atoms with Crippen molar-refractivity contribution in [3.8, 4) is 5.75 Å². The predicted octanol–water partition coefficient (Wildman–Crippen LogP) is 2.02. The van der Waals surface area contributed by atoms with Crippen LogP contribution in [0.5, 0.6) is 5.75 Å². The van der Waals surface area contributed by atoms with Gasteiger partial charge in [0.2, 0.25) is 0 Å². The molecule has 0 fully saturated rings. The highest BCUT2D eigenvalue weighted by Gasteiger charge is 2.30. The molecule has 0 atom stereocenters. The summed E-state index contributed by atoms with van der Waals surface area (Å²) in [6, 6.07) is 4.86. The number of ether oxygens (including phenoxy) is 1. The van der Waals surface area contributed by atoms with Crippen LogP contribution in [-0.2, 0) is 6.54 Å². The number of anilines is 1. The van der Waals surface area contributed by atoms with E-state index < -0.39 is 12.7 Å². The number of nitrogen functional groups attached to an aromatic ring is 1. The van der Waals surface area contributed by atoms with Gasteiger partial charge in [0, 0.05) is 24.3 Å². The minimum atomic E-state index is -4.32. The number of hydrogen-bond donors (Lipinski definition) is 2. The van der Waals surface area contributed by atoms with Crippen LogP contribution in [0.3, 0.4) is 0 Å². The highest BCUT2D eigenvalue weighted by atomic mass is 19.4. The first-order valence-corrected chi connectivity index (χ1v) is 6.27. The van der Waals surface area contributed by atoms with Crippen molar-refractivity contribution in [3.05, 3.63) is 23.8 Å². The van der Waals surface area contributed by atoms with Crippen molar-refractivity contribution in [2.45, 2.75) is 19.6 Å². The van der Waals surface area contributed by atoms with Gasteiger partial charge in [0.15, 0.2) is 0 Å². The molecule has 0 saturated heterocycles. The number of benzene rings is 1. The highest BCUT2D eigenvalue weighted by Crippen LogP contribution is 2.25. The third-order valence-electron chi connectivity index (χ3n) is 2.60. The van der Waals surface area contributed by atoms with E-state index in [2.05, 4.69) is 0 Å². The molecule has 0 heterocycles. The molecule has 0 saturated carbocycles. The average molecular weight is 292 g/mol. The second-order valence-corrected chi connectivity index (χ2v) is 4.35. The van der Waals surface area contributed by atoms with Crippen LogP contribution in [0.1, 0.15) is 12.5 Å². The fourth-order valence-corrected chi connectivity index (χ4v) is 1.87. The zero-order valence-electron chi connectivity index (χ0n) is 11.3. The lowest BCUT2D eigenvalue weighted by Crippen LogP contribution is -2.35. The number of aliphatic hydroxyl groups excluding tert-OH is 1.